The molecule has 0 aromatic carbocycles. The minimum Gasteiger partial charge on any atom is -0.0808 e. The number of allylic oxidation sites excluding steroid dienone is 4. The van der Waals surface area contributed by atoms with Crippen molar-refractivity contribution in [2.75, 3.05) is 0 Å². The third-order valence-electron chi connectivity index (χ3n) is 7.35. The van der Waals surface area contributed by atoms with Gasteiger partial charge in [0, 0.05) is 0 Å². The zero-order chi connectivity index (χ0) is 13.1. The lowest BCUT2D eigenvalue weighted by atomic mass is 9.49. The number of rotatable bonds is 0. The van der Waals surface area contributed by atoms with Crippen LogP contribution in [-0.2, 0) is 0 Å². The first-order chi connectivity index (χ1) is 9.13. The molecule has 0 N–H and O–H groups in total. The Morgan fingerprint density at radius 3 is 2.79 bits per heavy atom. The molecule has 0 bridgehead atoms. The summed E-state index contributed by atoms with van der Waals surface area (Å²) in [7, 11) is 0. The molecule has 2 fully saturated rings. The van der Waals surface area contributed by atoms with E-state index in [1.54, 1.807) is 5.57 Å². The lowest BCUT2D eigenvalue weighted by molar-refractivity contribution is 0.00500. The number of hydrogen-bond acceptors (Lipinski definition) is 0. The van der Waals surface area contributed by atoms with Gasteiger partial charge in [-0.15, -0.1) is 0 Å². The molecule has 4 aliphatic carbocycles. The van der Waals surface area contributed by atoms with Crippen LogP contribution in [0.15, 0.2) is 23.8 Å². The highest BCUT2D eigenvalue weighted by molar-refractivity contribution is 5.35. The minimum atomic E-state index is 0.515. The van der Waals surface area contributed by atoms with Crippen LogP contribution >= 0.6 is 0 Å². The largest absolute Gasteiger partial charge is 0.0808 e. The van der Waals surface area contributed by atoms with E-state index in [-0.39, 0.29) is 0 Å². The summed E-state index contributed by atoms with van der Waals surface area (Å²) in [4.78, 5) is 0. The van der Waals surface area contributed by atoms with E-state index < -0.39 is 0 Å². The summed E-state index contributed by atoms with van der Waals surface area (Å²) in [5.74, 6) is 2.82. The highest BCUT2D eigenvalue weighted by atomic mass is 14.6. The van der Waals surface area contributed by atoms with Crippen molar-refractivity contribution in [2.24, 2.45) is 28.6 Å². The maximum atomic E-state index is 2.62. The van der Waals surface area contributed by atoms with Crippen molar-refractivity contribution in [2.45, 2.75) is 65.2 Å². The molecule has 0 aromatic heterocycles. The van der Waals surface area contributed by atoms with Gasteiger partial charge in [0.15, 0.2) is 0 Å². The van der Waals surface area contributed by atoms with Gasteiger partial charge in [0.1, 0.15) is 0 Å². The van der Waals surface area contributed by atoms with E-state index in [1.165, 1.54) is 51.4 Å². The van der Waals surface area contributed by atoms with Gasteiger partial charge in [-0.05, 0) is 79.1 Å². The standard InChI is InChI=1S/C19H28/c1-18-11-5-7-16(18)15-9-8-14-6-3-4-12-19(14,2)17(15)10-13-18/h6,8-9,15-17H,3-5,7,10-13H2,1-2H3/t15-,16-,17-,18-,19-/m0/s1. The van der Waals surface area contributed by atoms with Crippen molar-refractivity contribution in [3.63, 3.8) is 0 Å². The van der Waals surface area contributed by atoms with E-state index in [9.17, 15) is 0 Å². The Balaban J connectivity index is 1.75. The van der Waals surface area contributed by atoms with E-state index in [2.05, 4.69) is 32.1 Å². The third-order valence-corrected chi connectivity index (χ3v) is 7.35. The molecule has 0 nitrogen and oxygen atoms in total. The van der Waals surface area contributed by atoms with Gasteiger partial charge in [0.2, 0.25) is 0 Å². The van der Waals surface area contributed by atoms with Gasteiger partial charge in [-0.25, -0.2) is 0 Å². The van der Waals surface area contributed by atoms with E-state index in [0.29, 0.717) is 10.8 Å². The fourth-order valence-electron chi connectivity index (χ4n) is 6.17. The van der Waals surface area contributed by atoms with E-state index in [4.69, 9.17) is 0 Å². The first kappa shape index (κ1) is 12.2. The average Bonchev–Trinajstić information content (AvgIpc) is 2.79. The Bertz CT molecular complexity index is 443. The van der Waals surface area contributed by atoms with Crippen molar-refractivity contribution in [1.82, 2.24) is 0 Å². The van der Waals surface area contributed by atoms with Crippen LogP contribution in [0.2, 0.25) is 0 Å². The molecular weight excluding hydrogens is 228 g/mol. The second kappa shape index (κ2) is 3.99. The summed E-state index contributed by atoms with van der Waals surface area (Å²) in [5.41, 5.74) is 2.88. The molecule has 0 radical (unpaired) electrons. The average molecular weight is 256 g/mol. The zero-order valence-electron chi connectivity index (χ0n) is 12.6. The molecule has 0 unspecified atom stereocenters. The van der Waals surface area contributed by atoms with Crippen molar-refractivity contribution >= 4 is 0 Å². The molecule has 0 heterocycles. The number of fused-ring (bicyclic) bond motifs is 5. The van der Waals surface area contributed by atoms with Crippen LogP contribution in [0, 0.1) is 28.6 Å². The van der Waals surface area contributed by atoms with Gasteiger partial charge in [0.05, 0.1) is 0 Å². The molecule has 0 heteroatoms. The Hall–Kier alpha value is -0.520. The SMILES string of the molecule is C[C@@]12CCC[C@H]1[C@@H]1C=CC3=CCCC[C@]3(C)[C@H]1CC2. The summed E-state index contributed by atoms with van der Waals surface area (Å²) in [6.07, 6.45) is 19.3. The van der Waals surface area contributed by atoms with Crippen LogP contribution in [0.5, 0.6) is 0 Å². The molecule has 0 amide bonds. The fraction of sp³-hybridized carbons (Fsp3) is 0.789. The molecule has 0 spiro atoms. The van der Waals surface area contributed by atoms with Crippen molar-refractivity contribution in [1.29, 1.82) is 0 Å². The molecule has 104 valence electrons. The first-order valence-corrected chi connectivity index (χ1v) is 8.52. The molecule has 4 aliphatic rings. The first-order valence-electron chi connectivity index (χ1n) is 8.52. The van der Waals surface area contributed by atoms with Crippen LogP contribution in [0.1, 0.15) is 65.2 Å². The van der Waals surface area contributed by atoms with Crippen molar-refractivity contribution < 1.29 is 0 Å². The van der Waals surface area contributed by atoms with Crippen LogP contribution in [0.4, 0.5) is 0 Å². The normalized spacial score (nSPS) is 52.1. The molecule has 0 aliphatic heterocycles. The highest BCUT2D eigenvalue weighted by Crippen LogP contribution is 2.63. The van der Waals surface area contributed by atoms with Crippen LogP contribution in [0.3, 0.4) is 0 Å². The molecule has 4 rings (SSSR count). The molecule has 2 saturated carbocycles. The van der Waals surface area contributed by atoms with Gasteiger partial charge in [-0.3, -0.25) is 0 Å². The van der Waals surface area contributed by atoms with E-state index in [1.807, 2.05) is 0 Å². The maximum Gasteiger partial charge on any atom is -0.00445 e. The van der Waals surface area contributed by atoms with Gasteiger partial charge < -0.3 is 0 Å². The summed E-state index contributed by atoms with van der Waals surface area (Å²) in [6, 6.07) is 0. The monoisotopic (exact) mass is 256 g/mol. The van der Waals surface area contributed by atoms with Gasteiger partial charge in [-0.1, -0.05) is 38.5 Å². The van der Waals surface area contributed by atoms with Crippen molar-refractivity contribution in [3.05, 3.63) is 23.8 Å². The molecule has 5 atom stereocenters. The maximum absolute atomic E-state index is 2.62. The van der Waals surface area contributed by atoms with Crippen LogP contribution < -0.4 is 0 Å². The zero-order valence-corrected chi connectivity index (χ0v) is 12.6. The summed E-state index contributed by atoms with van der Waals surface area (Å²) < 4.78 is 0. The molecule has 0 aromatic rings. The minimum absolute atomic E-state index is 0.515. The Morgan fingerprint density at radius 1 is 1.00 bits per heavy atom. The van der Waals surface area contributed by atoms with E-state index in [0.717, 1.165) is 17.8 Å². The summed E-state index contributed by atoms with van der Waals surface area (Å²) in [5, 5.41) is 0. The van der Waals surface area contributed by atoms with E-state index >= 15 is 0 Å². The Kier molecular flexibility index (Phi) is 2.57. The highest BCUT2D eigenvalue weighted by Gasteiger charge is 2.54. The molecule has 19 heavy (non-hydrogen) atoms. The van der Waals surface area contributed by atoms with Crippen molar-refractivity contribution in [3.8, 4) is 0 Å². The second-order valence-corrected chi connectivity index (χ2v) is 8.20. The third kappa shape index (κ3) is 1.58. The lowest BCUT2D eigenvalue weighted by Crippen LogP contribution is -2.47. The van der Waals surface area contributed by atoms with Crippen LogP contribution in [0.25, 0.3) is 0 Å². The smallest absolute Gasteiger partial charge is 0.00445 e. The topological polar surface area (TPSA) is 0 Å². The quantitative estimate of drug-likeness (QED) is 0.536. The number of hydrogen-bond donors (Lipinski definition) is 0. The predicted octanol–water partition coefficient (Wildman–Crippen LogP) is 5.51. The van der Waals surface area contributed by atoms with Gasteiger partial charge in [0.25, 0.3) is 0 Å². The second-order valence-electron chi connectivity index (χ2n) is 8.20. The summed E-state index contributed by atoms with van der Waals surface area (Å²) in [6.45, 7) is 5.17. The molecular formula is C19H28. The van der Waals surface area contributed by atoms with Gasteiger partial charge in [-0.2, -0.15) is 0 Å². The summed E-state index contributed by atoms with van der Waals surface area (Å²) >= 11 is 0. The lowest BCUT2D eigenvalue weighted by Gasteiger charge is -2.55. The molecule has 0 saturated heterocycles. The van der Waals surface area contributed by atoms with Gasteiger partial charge >= 0.3 is 0 Å². The predicted molar refractivity (Wildman–Crippen MR) is 80.8 cm³/mol. The van der Waals surface area contributed by atoms with Crippen LogP contribution in [-0.4, -0.2) is 0 Å². The fourth-order valence-corrected chi connectivity index (χ4v) is 6.17. The Labute approximate surface area is 118 Å². The Morgan fingerprint density at radius 2 is 1.89 bits per heavy atom.